The topological polar surface area (TPSA) is 111 Å². The van der Waals surface area contributed by atoms with E-state index in [4.69, 9.17) is 21.1 Å². The number of carbonyl (C=O) groups is 2. The Morgan fingerprint density at radius 3 is 2.36 bits per heavy atom. The van der Waals surface area contributed by atoms with Gasteiger partial charge in [0, 0.05) is 23.1 Å². The second kappa shape index (κ2) is 8.49. The summed E-state index contributed by atoms with van der Waals surface area (Å²) in [6.45, 7) is 0.743. The molecule has 1 heterocycles. The van der Waals surface area contributed by atoms with Crippen LogP contribution in [0.4, 0.5) is 0 Å². The lowest BCUT2D eigenvalue weighted by molar-refractivity contribution is -0.121. The number of hydrogen-bond acceptors (Lipinski definition) is 6. The number of hydrazine groups is 1. The Kier molecular flexibility index (Phi) is 6.05. The van der Waals surface area contributed by atoms with Gasteiger partial charge in [-0.3, -0.25) is 20.4 Å². The second-order valence-corrected chi connectivity index (χ2v) is 8.43. The summed E-state index contributed by atoms with van der Waals surface area (Å²) in [6, 6.07) is 10.4. The van der Waals surface area contributed by atoms with Gasteiger partial charge in [-0.1, -0.05) is 11.6 Å². The lowest BCUT2D eigenvalue weighted by Gasteiger charge is -2.18. The van der Waals surface area contributed by atoms with Crippen LogP contribution < -0.4 is 20.3 Å². The van der Waals surface area contributed by atoms with Gasteiger partial charge in [0.15, 0.2) is 21.3 Å². The molecule has 2 aromatic rings. The number of fused-ring (bicyclic) bond motifs is 1. The number of amides is 2. The molecule has 0 fully saturated rings. The van der Waals surface area contributed by atoms with Crippen LogP contribution >= 0.6 is 11.6 Å². The summed E-state index contributed by atoms with van der Waals surface area (Å²) in [4.78, 5) is 23.8. The average molecular weight is 425 g/mol. The average Bonchev–Trinajstić information content (AvgIpc) is 2.70. The van der Waals surface area contributed by atoms with Crippen LogP contribution in [0.15, 0.2) is 47.4 Å². The Morgan fingerprint density at radius 1 is 0.964 bits per heavy atom. The molecule has 148 valence electrons. The Morgan fingerprint density at radius 2 is 1.64 bits per heavy atom. The van der Waals surface area contributed by atoms with Gasteiger partial charge in [-0.25, -0.2) is 8.42 Å². The van der Waals surface area contributed by atoms with E-state index in [9.17, 15) is 18.0 Å². The van der Waals surface area contributed by atoms with Crippen molar-refractivity contribution in [3.8, 4) is 11.5 Å². The first-order chi connectivity index (χ1) is 13.3. The Bertz CT molecular complexity index is 992. The number of nitrogens with one attached hydrogen (secondary N) is 2. The van der Waals surface area contributed by atoms with Gasteiger partial charge < -0.3 is 9.47 Å². The van der Waals surface area contributed by atoms with Crippen molar-refractivity contribution in [2.24, 2.45) is 0 Å². The van der Waals surface area contributed by atoms with E-state index in [2.05, 4.69) is 10.9 Å². The Labute approximate surface area is 166 Å². The number of ether oxygens (including phenoxy) is 2. The van der Waals surface area contributed by atoms with Crippen LogP contribution in [-0.2, 0) is 14.6 Å². The summed E-state index contributed by atoms with van der Waals surface area (Å²) in [6.07, 6.45) is -0.322. The minimum atomic E-state index is -3.71. The molecule has 8 nitrogen and oxygen atoms in total. The zero-order valence-electron chi connectivity index (χ0n) is 14.6. The number of hydrogen-bond donors (Lipinski definition) is 2. The fourth-order valence-corrected chi connectivity index (χ4v) is 3.80. The minimum absolute atomic E-state index is 0.0368. The molecular formula is C18H17ClN2O6S. The van der Waals surface area contributed by atoms with Crippen LogP contribution in [0, 0.1) is 0 Å². The number of sulfone groups is 1. The van der Waals surface area contributed by atoms with Crippen molar-refractivity contribution in [2.45, 2.75) is 11.3 Å². The van der Waals surface area contributed by atoms with Crippen molar-refractivity contribution >= 4 is 33.3 Å². The Balaban J connectivity index is 1.53. The van der Waals surface area contributed by atoms with E-state index in [1.54, 1.807) is 0 Å². The lowest BCUT2D eigenvalue weighted by atomic mass is 10.2. The highest BCUT2D eigenvalue weighted by molar-refractivity contribution is 7.91. The van der Waals surface area contributed by atoms with Gasteiger partial charge in [-0.05, 0) is 36.4 Å². The highest BCUT2D eigenvalue weighted by Crippen LogP contribution is 2.32. The molecule has 0 aromatic heterocycles. The van der Waals surface area contributed by atoms with Crippen LogP contribution in [0.5, 0.6) is 11.5 Å². The number of benzene rings is 2. The standard InChI is InChI=1S/C18H17ClN2O6S/c19-13-3-1-12(2-4-13)18(23)21-20-17(22)7-10-28(24,25)14-5-6-15-16(11-14)27-9-8-26-15/h1-6,11H,7-10H2,(H,20,22)(H,21,23). The molecule has 0 spiro atoms. The summed E-state index contributed by atoms with van der Waals surface area (Å²) in [5.74, 6) is -0.766. The van der Waals surface area contributed by atoms with Crippen LogP contribution in [0.3, 0.4) is 0 Å². The molecule has 0 radical (unpaired) electrons. The van der Waals surface area contributed by atoms with Crippen molar-refractivity contribution in [1.82, 2.24) is 10.9 Å². The fourth-order valence-electron chi connectivity index (χ4n) is 2.42. The first-order valence-electron chi connectivity index (χ1n) is 8.32. The van der Waals surface area contributed by atoms with E-state index >= 15 is 0 Å². The third-order valence-corrected chi connectivity index (χ3v) is 5.86. The first kappa shape index (κ1) is 20.0. The van der Waals surface area contributed by atoms with E-state index in [0.29, 0.717) is 35.3 Å². The smallest absolute Gasteiger partial charge is 0.269 e. The van der Waals surface area contributed by atoms with Gasteiger partial charge in [-0.15, -0.1) is 0 Å². The van der Waals surface area contributed by atoms with Crippen LogP contribution in [-0.4, -0.2) is 39.2 Å². The molecule has 1 aliphatic rings. The highest BCUT2D eigenvalue weighted by Gasteiger charge is 2.20. The van der Waals surface area contributed by atoms with E-state index < -0.39 is 27.4 Å². The fraction of sp³-hybridized carbons (Fsp3) is 0.222. The molecular weight excluding hydrogens is 408 g/mol. The summed E-state index contributed by atoms with van der Waals surface area (Å²) in [7, 11) is -3.71. The van der Waals surface area contributed by atoms with Crippen LogP contribution in [0.25, 0.3) is 0 Å². The maximum absolute atomic E-state index is 12.4. The SMILES string of the molecule is O=C(CCS(=O)(=O)c1ccc2c(c1)OCCO2)NNC(=O)c1ccc(Cl)cc1. The molecule has 0 aliphatic carbocycles. The van der Waals surface area contributed by atoms with Crippen molar-refractivity contribution in [1.29, 1.82) is 0 Å². The molecule has 0 unspecified atom stereocenters. The first-order valence-corrected chi connectivity index (χ1v) is 10.4. The third kappa shape index (κ3) is 4.93. The number of carbonyl (C=O) groups excluding carboxylic acids is 2. The monoisotopic (exact) mass is 424 g/mol. The van der Waals surface area contributed by atoms with Gasteiger partial charge in [-0.2, -0.15) is 0 Å². The molecule has 2 aromatic carbocycles. The molecule has 28 heavy (non-hydrogen) atoms. The van der Waals surface area contributed by atoms with Crippen molar-refractivity contribution < 1.29 is 27.5 Å². The van der Waals surface area contributed by atoms with Crippen molar-refractivity contribution in [3.63, 3.8) is 0 Å². The molecule has 3 rings (SSSR count). The maximum Gasteiger partial charge on any atom is 0.269 e. The second-order valence-electron chi connectivity index (χ2n) is 5.88. The lowest BCUT2D eigenvalue weighted by Crippen LogP contribution is -2.42. The van der Waals surface area contributed by atoms with Gasteiger partial charge in [0.2, 0.25) is 5.91 Å². The van der Waals surface area contributed by atoms with E-state index in [0.717, 1.165) is 0 Å². The Hall–Kier alpha value is -2.78. The molecule has 0 saturated heterocycles. The van der Waals surface area contributed by atoms with Gasteiger partial charge >= 0.3 is 0 Å². The molecule has 0 saturated carbocycles. The molecule has 2 amide bonds. The van der Waals surface area contributed by atoms with Gasteiger partial charge in [0.25, 0.3) is 5.91 Å². The zero-order chi connectivity index (χ0) is 20.1. The predicted molar refractivity (Wildman–Crippen MR) is 101 cm³/mol. The zero-order valence-corrected chi connectivity index (χ0v) is 16.2. The maximum atomic E-state index is 12.4. The quantitative estimate of drug-likeness (QED) is 0.707. The molecule has 0 atom stereocenters. The molecule has 2 N–H and O–H groups in total. The van der Waals surface area contributed by atoms with Crippen molar-refractivity contribution in [2.75, 3.05) is 19.0 Å². The highest BCUT2D eigenvalue weighted by atomic mass is 35.5. The summed E-state index contributed by atoms with van der Waals surface area (Å²) in [5.41, 5.74) is 4.71. The van der Waals surface area contributed by atoms with Gasteiger partial charge in [0.1, 0.15) is 13.2 Å². The number of halogens is 1. The summed E-state index contributed by atoms with van der Waals surface area (Å²) < 4.78 is 35.6. The predicted octanol–water partition coefficient (Wildman–Crippen LogP) is 1.74. The summed E-state index contributed by atoms with van der Waals surface area (Å²) in [5, 5.41) is 0.477. The third-order valence-electron chi connectivity index (χ3n) is 3.89. The molecule has 10 heteroatoms. The van der Waals surface area contributed by atoms with Crippen LogP contribution in [0.2, 0.25) is 5.02 Å². The molecule has 0 bridgehead atoms. The van der Waals surface area contributed by atoms with E-state index in [1.807, 2.05) is 0 Å². The van der Waals surface area contributed by atoms with E-state index in [-0.39, 0.29) is 11.3 Å². The minimum Gasteiger partial charge on any atom is -0.486 e. The largest absolute Gasteiger partial charge is 0.486 e. The van der Waals surface area contributed by atoms with Crippen molar-refractivity contribution in [3.05, 3.63) is 53.1 Å². The normalized spacial score (nSPS) is 12.9. The van der Waals surface area contributed by atoms with Gasteiger partial charge in [0.05, 0.1) is 10.6 Å². The summed E-state index contributed by atoms with van der Waals surface area (Å²) >= 11 is 5.74. The number of rotatable bonds is 5. The van der Waals surface area contributed by atoms with E-state index in [1.165, 1.54) is 42.5 Å². The van der Waals surface area contributed by atoms with Crippen LogP contribution in [0.1, 0.15) is 16.8 Å². The molecule has 1 aliphatic heterocycles.